The summed E-state index contributed by atoms with van der Waals surface area (Å²) >= 11 is 0. The van der Waals surface area contributed by atoms with Gasteiger partial charge in [0.05, 0.1) is 12.2 Å². The maximum absolute atomic E-state index is 10.7. The van der Waals surface area contributed by atoms with Crippen LogP contribution in [-0.4, -0.2) is 23.3 Å². The molecule has 4 heteroatoms. The van der Waals surface area contributed by atoms with Crippen LogP contribution in [0.25, 0.3) is 0 Å². The number of anilines is 2. The highest BCUT2D eigenvalue weighted by Gasteiger charge is 2.35. The second-order valence-corrected chi connectivity index (χ2v) is 9.51. The second-order valence-electron chi connectivity index (χ2n) is 9.51. The minimum atomic E-state index is -0.468. The molecule has 4 N–H and O–H groups in total. The van der Waals surface area contributed by atoms with Gasteiger partial charge in [0.25, 0.3) is 0 Å². The third-order valence-corrected chi connectivity index (χ3v) is 6.18. The molecule has 144 valence electrons. The van der Waals surface area contributed by atoms with Gasteiger partial charge < -0.3 is 20.8 Å². The molecule has 4 rings (SSSR count). The fourth-order valence-electron chi connectivity index (χ4n) is 4.14. The number of aliphatic hydroxyl groups is 2. The van der Waals surface area contributed by atoms with Crippen LogP contribution in [0.1, 0.15) is 62.2 Å². The lowest BCUT2D eigenvalue weighted by atomic mass is 9.78. The summed E-state index contributed by atoms with van der Waals surface area (Å²) in [6.07, 6.45) is -0.158. The highest BCUT2D eigenvalue weighted by molar-refractivity contribution is 5.59. The molecule has 2 atom stereocenters. The lowest BCUT2D eigenvalue weighted by Crippen LogP contribution is -2.35. The number of rotatable bonds is 2. The summed E-state index contributed by atoms with van der Waals surface area (Å²) < 4.78 is 0. The fraction of sp³-hybridized carbons (Fsp3) is 0.478. The molecule has 0 fully saturated rings. The molecule has 0 saturated heterocycles. The summed E-state index contributed by atoms with van der Waals surface area (Å²) in [4.78, 5) is 0. The average Bonchev–Trinajstić information content (AvgIpc) is 2.63. The zero-order valence-corrected chi connectivity index (χ0v) is 16.6. The molecule has 0 aliphatic carbocycles. The van der Waals surface area contributed by atoms with Crippen molar-refractivity contribution in [3.05, 3.63) is 58.7 Å². The molecule has 2 unspecified atom stereocenters. The Kier molecular flexibility index (Phi) is 4.24. The standard InChI is InChI=1S/C23H30N2O2/c1-22(2)12-24-18-7-5-14(10-16(18)20(22)26)9-15-6-8-19-17(11-15)21(27)23(3,4)13-25-19/h5-8,10-11,20-21,24-27H,9,12-13H2,1-4H3. The van der Waals surface area contributed by atoms with E-state index >= 15 is 0 Å². The summed E-state index contributed by atoms with van der Waals surface area (Å²) in [5.41, 5.74) is 5.98. The number of aliphatic hydroxyl groups excluding tert-OH is 2. The van der Waals surface area contributed by atoms with Gasteiger partial charge in [-0.05, 0) is 29.7 Å². The van der Waals surface area contributed by atoms with Gasteiger partial charge in [0.1, 0.15) is 0 Å². The fourth-order valence-corrected chi connectivity index (χ4v) is 4.14. The van der Waals surface area contributed by atoms with Gasteiger partial charge in [-0.2, -0.15) is 0 Å². The lowest BCUT2D eigenvalue weighted by molar-refractivity contribution is 0.0539. The molecule has 2 aromatic rings. The Morgan fingerprint density at radius 3 is 1.59 bits per heavy atom. The molecule has 0 bridgehead atoms. The van der Waals surface area contributed by atoms with Gasteiger partial charge in [0, 0.05) is 46.4 Å². The van der Waals surface area contributed by atoms with Crippen LogP contribution < -0.4 is 10.6 Å². The summed E-state index contributed by atoms with van der Waals surface area (Å²) in [5, 5.41) is 28.4. The van der Waals surface area contributed by atoms with E-state index in [-0.39, 0.29) is 10.8 Å². The maximum atomic E-state index is 10.7. The zero-order chi connectivity index (χ0) is 19.4. The molecule has 27 heavy (non-hydrogen) atoms. The van der Waals surface area contributed by atoms with Crippen molar-refractivity contribution in [2.24, 2.45) is 10.8 Å². The van der Waals surface area contributed by atoms with E-state index in [4.69, 9.17) is 0 Å². The molecule has 0 saturated carbocycles. The van der Waals surface area contributed by atoms with Crippen molar-refractivity contribution in [2.45, 2.75) is 46.3 Å². The van der Waals surface area contributed by atoms with Gasteiger partial charge in [0.15, 0.2) is 0 Å². The summed E-state index contributed by atoms with van der Waals surface area (Å²) in [5.74, 6) is 0. The van der Waals surface area contributed by atoms with Crippen LogP contribution in [0.2, 0.25) is 0 Å². The van der Waals surface area contributed by atoms with Crippen LogP contribution >= 0.6 is 0 Å². The van der Waals surface area contributed by atoms with Gasteiger partial charge in [-0.25, -0.2) is 0 Å². The first-order valence-electron chi connectivity index (χ1n) is 9.77. The van der Waals surface area contributed by atoms with Crippen molar-refractivity contribution in [3.63, 3.8) is 0 Å². The predicted molar refractivity (Wildman–Crippen MR) is 110 cm³/mol. The molecule has 2 aliphatic rings. The van der Waals surface area contributed by atoms with E-state index < -0.39 is 12.2 Å². The van der Waals surface area contributed by atoms with Crippen molar-refractivity contribution in [2.75, 3.05) is 23.7 Å². The Morgan fingerprint density at radius 2 is 1.19 bits per heavy atom. The predicted octanol–water partition coefficient (Wildman–Crippen LogP) is 4.25. The van der Waals surface area contributed by atoms with E-state index in [1.54, 1.807) is 0 Å². The quantitative estimate of drug-likeness (QED) is 0.642. The summed E-state index contributed by atoms with van der Waals surface area (Å²) in [6.45, 7) is 9.87. The van der Waals surface area contributed by atoms with E-state index in [1.807, 2.05) is 0 Å². The van der Waals surface area contributed by atoms with Gasteiger partial charge in [-0.3, -0.25) is 0 Å². The molecule has 4 nitrogen and oxygen atoms in total. The van der Waals surface area contributed by atoms with Gasteiger partial charge in [-0.1, -0.05) is 52.0 Å². The number of fused-ring (bicyclic) bond motifs is 2. The van der Waals surface area contributed by atoms with Crippen LogP contribution in [0.15, 0.2) is 36.4 Å². The highest BCUT2D eigenvalue weighted by Crippen LogP contribution is 2.43. The van der Waals surface area contributed by atoms with Gasteiger partial charge >= 0.3 is 0 Å². The molecular formula is C23H30N2O2. The van der Waals surface area contributed by atoms with Crippen LogP contribution in [0.5, 0.6) is 0 Å². The third kappa shape index (κ3) is 3.21. The minimum Gasteiger partial charge on any atom is -0.388 e. The van der Waals surface area contributed by atoms with Crippen LogP contribution in [0, 0.1) is 10.8 Å². The Morgan fingerprint density at radius 1 is 0.778 bits per heavy atom. The topological polar surface area (TPSA) is 64.5 Å². The maximum Gasteiger partial charge on any atom is 0.0877 e. The van der Waals surface area contributed by atoms with E-state index in [0.717, 1.165) is 42.0 Å². The molecule has 0 radical (unpaired) electrons. The number of hydrogen-bond acceptors (Lipinski definition) is 4. The lowest BCUT2D eigenvalue weighted by Gasteiger charge is -2.38. The minimum absolute atomic E-state index is 0.182. The number of benzene rings is 2. The molecular weight excluding hydrogens is 336 g/mol. The van der Waals surface area contributed by atoms with Crippen molar-refractivity contribution in [1.82, 2.24) is 0 Å². The molecule has 0 spiro atoms. The van der Waals surface area contributed by atoms with Crippen molar-refractivity contribution in [1.29, 1.82) is 0 Å². The first-order chi connectivity index (χ1) is 12.7. The third-order valence-electron chi connectivity index (χ3n) is 6.18. The van der Waals surface area contributed by atoms with Crippen molar-refractivity contribution < 1.29 is 10.2 Å². The van der Waals surface area contributed by atoms with Gasteiger partial charge in [-0.15, -0.1) is 0 Å². The average molecular weight is 367 g/mol. The molecule has 2 aromatic carbocycles. The SMILES string of the molecule is CC1(C)CNc2ccc(Cc3ccc4c(c3)C(O)C(C)(C)CN4)cc2C1O. The van der Waals surface area contributed by atoms with Crippen molar-refractivity contribution in [3.8, 4) is 0 Å². The largest absolute Gasteiger partial charge is 0.388 e. The van der Waals surface area contributed by atoms with E-state index in [9.17, 15) is 10.2 Å². The number of hydrogen-bond donors (Lipinski definition) is 4. The number of nitrogens with one attached hydrogen (secondary N) is 2. The smallest absolute Gasteiger partial charge is 0.0877 e. The van der Waals surface area contributed by atoms with E-state index in [1.165, 1.54) is 11.1 Å². The first-order valence-corrected chi connectivity index (χ1v) is 9.77. The van der Waals surface area contributed by atoms with Crippen LogP contribution in [0.3, 0.4) is 0 Å². The molecule has 2 aliphatic heterocycles. The van der Waals surface area contributed by atoms with Crippen LogP contribution in [-0.2, 0) is 6.42 Å². The Balaban J connectivity index is 1.63. The second kappa shape index (κ2) is 6.25. The Labute approximate surface area is 161 Å². The zero-order valence-electron chi connectivity index (χ0n) is 16.6. The monoisotopic (exact) mass is 366 g/mol. The van der Waals surface area contributed by atoms with E-state index in [2.05, 4.69) is 74.7 Å². The van der Waals surface area contributed by atoms with Crippen LogP contribution in [0.4, 0.5) is 11.4 Å². The van der Waals surface area contributed by atoms with E-state index in [0.29, 0.717) is 0 Å². The summed E-state index contributed by atoms with van der Waals surface area (Å²) in [6, 6.07) is 12.6. The first kappa shape index (κ1) is 18.3. The molecule has 0 aromatic heterocycles. The molecule has 2 heterocycles. The van der Waals surface area contributed by atoms with Crippen molar-refractivity contribution >= 4 is 11.4 Å². The Bertz CT molecular complexity index is 801. The highest BCUT2D eigenvalue weighted by atomic mass is 16.3. The molecule has 0 amide bonds. The Hall–Kier alpha value is -2.04. The summed E-state index contributed by atoms with van der Waals surface area (Å²) in [7, 11) is 0. The van der Waals surface area contributed by atoms with Gasteiger partial charge in [0.2, 0.25) is 0 Å². The normalized spacial score (nSPS) is 25.0.